The first kappa shape index (κ1) is 10.1. The van der Waals surface area contributed by atoms with Crippen molar-refractivity contribution in [2.45, 2.75) is 13.3 Å². The van der Waals surface area contributed by atoms with E-state index >= 15 is 0 Å². The molecule has 0 unspecified atom stereocenters. The number of pyridine rings is 1. The molecular weight excluding hydrogens is 210 g/mol. The van der Waals surface area contributed by atoms with E-state index in [1.165, 1.54) is 0 Å². The van der Waals surface area contributed by atoms with Gasteiger partial charge in [0.25, 0.3) is 0 Å². The Balaban J connectivity index is 2.86. The van der Waals surface area contributed by atoms with E-state index in [9.17, 15) is 4.79 Å². The van der Waals surface area contributed by atoms with Crippen LogP contribution in [0.2, 0.25) is 5.02 Å². The van der Waals surface area contributed by atoms with E-state index in [0.29, 0.717) is 10.7 Å². The van der Waals surface area contributed by atoms with E-state index in [4.69, 9.17) is 11.6 Å². The Morgan fingerprint density at radius 1 is 1.47 bits per heavy atom. The van der Waals surface area contributed by atoms with Crippen LogP contribution in [0.5, 0.6) is 0 Å². The molecule has 0 bridgehead atoms. The Labute approximate surface area is 92.9 Å². The number of aldehydes is 1. The van der Waals surface area contributed by atoms with Crippen molar-refractivity contribution in [3.8, 4) is 0 Å². The molecule has 0 aliphatic heterocycles. The molecule has 2 rings (SSSR count). The maximum Gasteiger partial charge on any atom is 0.169 e. The van der Waals surface area contributed by atoms with Crippen molar-refractivity contribution in [2.24, 2.45) is 0 Å². The summed E-state index contributed by atoms with van der Waals surface area (Å²) in [6, 6.07) is 7.55. The molecule has 0 radical (unpaired) electrons. The summed E-state index contributed by atoms with van der Waals surface area (Å²) in [4.78, 5) is 15.2. The van der Waals surface area contributed by atoms with E-state index in [-0.39, 0.29) is 0 Å². The van der Waals surface area contributed by atoms with Crippen LogP contribution in [-0.4, -0.2) is 11.3 Å². The molecule has 0 spiro atoms. The number of rotatable bonds is 2. The quantitative estimate of drug-likeness (QED) is 0.726. The molecule has 76 valence electrons. The number of halogens is 1. The topological polar surface area (TPSA) is 30.0 Å². The summed E-state index contributed by atoms with van der Waals surface area (Å²) >= 11 is 6.04. The van der Waals surface area contributed by atoms with E-state index in [0.717, 1.165) is 29.2 Å². The second-order valence-electron chi connectivity index (χ2n) is 3.31. The Bertz CT molecular complexity index is 522. The normalized spacial score (nSPS) is 10.5. The number of fused-ring (bicyclic) bond motifs is 1. The second-order valence-corrected chi connectivity index (χ2v) is 3.72. The average Bonchev–Trinajstić information content (AvgIpc) is 2.27. The van der Waals surface area contributed by atoms with E-state index in [2.05, 4.69) is 4.98 Å². The summed E-state index contributed by atoms with van der Waals surface area (Å²) in [5, 5.41) is 2.28. The monoisotopic (exact) mass is 219 g/mol. The summed E-state index contributed by atoms with van der Waals surface area (Å²) in [5.41, 5.74) is 1.34. The number of carbonyl (C=O) groups is 1. The summed E-state index contributed by atoms with van der Waals surface area (Å²) in [6.07, 6.45) is 1.57. The molecule has 1 heterocycles. The van der Waals surface area contributed by atoms with Gasteiger partial charge in [-0.25, -0.2) is 4.98 Å². The molecule has 0 atom stereocenters. The number of carbonyl (C=O) groups excluding carboxylic acids is 1. The van der Waals surface area contributed by atoms with Crippen LogP contribution in [0.25, 0.3) is 10.8 Å². The highest BCUT2D eigenvalue weighted by molar-refractivity contribution is 6.36. The molecule has 0 saturated carbocycles. The van der Waals surface area contributed by atoms with Crippen LogP contribution < -0.4 is 0 Å². The third-order valence-electron chi connectivity index (χ3n) is 2.36. The first-order valence-corrected chi connectivity index (χ1v) is 5.17. The van der Waals surface area contributed by atoms with Gasteiger partial charge in [-0.2, -0.15) is 0 Å². The molecule has 1 aromatic carbocycles. The second kappa shape index (κ2) is 3.99. The Morgan fingerprint density at radius 2 is 2.27 bits per heavy atom. The van der Waals surface area contributed by atoms with Crippen LogP contribution in [-0.2, 0) is 6.42 Å². The van der Waals surface area contributed by atoms with Gasteiger partial charge in [0.1, 0.15) is 5.69 Å². The lowest BCUT2D eigenvalue weighted by Crippen LogP contribution is -1.95. The van der Waals surface area contributed by atoms with Crippen LogP contribution in [0.1, 0.15) is 23.1 Å². The van der Waals surface area contributed by atoms with Gasteiger partial charge in [0.05, 0.1) is 5.02 Å². The Kier molecular flexibility index (Phi) is 2.69. The van der Waals surface area contributed by atoms with E-state index in [1.807, 2.05) is 25.1 Å². The SMILES string of the molecule is CCc1cc2cccc(Cl)c2c(C=O)n1. The fraction of sp³-hybridized carbons (Fsp3) is 0.167. The lowest BCUT2D eigenvalue weighted by molar-refractivity contribution is 0.112. The fourth-order valence-corrected chi connectivity index (χ4v) is 1.90. The molecule has 3 heteroatoms. The standard InChI is InChI=1S/C12H10ClNO/c1-2-9-6-8-4-3-5-10(13)12(8)11(7-15)14-9/h3-7H,2H2,1H3. The number of aromatic nitrogens is 1. The van der Waals surface area contributed by atoms with Gasteiger partial charge in [0.15, 0.2) is 6.29 Å². The number of hydrogen-bond acceptors (Lipinski definition) is 2. The minimum atomic E-state index is 0.426. The van der Waals surface area contributed by atoms with Gasteiger partial charge in [0.2, 0.25) is 0 Å². The molecule has 0 aliphatic rings. The van der Waals surface area contributed by atoms with Crippen LogP contribution in [0.15, 0.2) is 24.3 Å². The molecule has 2 aromatic rings. The Hall–Kier alpha value is -1.41. The minimum Gasteiger partial charge on any atom is -0.296 e. The summed E-state index contributed by atoms with van der Waals surface area (Å²) in [7, 11) is 0. The van der Waals surface area contributed by atoms with Gasteiger partial charge in [-0.1, -0.05) is 30.7 Å². The molecule has 2 nitrogen and oxygen atoms in total. The summed E-state index contributed by atoms with van der Waals surface area (Å²) < 4.78 is 0. The smallest absolute Gasteiger partial charge is 0.169 e. The third kappa shape index (κ3) is 1.73. The highest BCUT2D eigenvalue weighted by atomic mass is 35.5. The van der Waals surface area contributed by atoms with Gasteiger partial charge in [-0.05, 0) is 23.9 Å². The van der Waals surface area contributed by atoms with E-state index < -0.39 is 0 Å². The first-order valence-electron chi connectivity index (χ1n) is 4.79. The zero-order valence-electron chi connectivity index (χ0n) is 8.33. The van der Waals surface area contributed by atoms with Crippen molar-refractivity contribution in [3.63, 3.8) is 0 Å². The maximum atomic E-state index is 10.9. The number of hydrogen-bond donors (Lipinski definition) is 0. The molecule has 0 aliphatic carbocycles. The Morgan fingerprint density at radius 3 is 2.93 bits per heavy atom. The highest BCUT2D eigenvalue weighted by Gasteiger charge is 2.07. The number of nitrogens with zero attached hydrogens (tertiary/aromatic N) is 1. The fourth-order valence-electron chi connectivity index (χ4n) is 1.62. The number of benzene rings is 1. The van der Waals surface area contributed by atoms with Crippen molar-refractivity contribution < 1.29 is 4.79 Å². The molecule has 1 aromatic heterocycles. The molecular formula is C12H10ClNO. The third-order valence-corrected chi connectivity index (χ3v) is 2.68. The van der Waals surface area contributed by atoms with Crippen LogP contribution in [0.4, 0.5) is 0 Å². The van der Waals surface area contributed by atoms with Crippen molar-refractivity contribution >= 4 is 28.7 Å². The number of aryl methyl sites for hydroxylation is 1. The van der Waals surface area contributed by atoms with Crippen LogP contribution in [0, 0.1) is 0 Å². The average molecular weight is 220 g/mol. The molecule has 0 saturated heterocycles. The van der Waals surface area contributed by atoms with Crippen molar-refractivity contribution in [1.82, 2.24) is 4.98 Å². The van der Waals surface area contributed by atoms with Crippen molar-refractivity contribution in [2.75, 3.05) is 0 Å². The predicted octanol–water partition coefficient (Wildman–Crippen LogP) is 3.26. The predicted molar refractivity (Wildman–Crippen MR) is 61.5 cm³/mol. The van der Waals surface area contributed by atoms with Crippen LogP contribution in [0.3, 0.4) is 0 Å². The summed E-state index contributed by atoms with van der Waals surface area (Å²) in [6.45, 7) is 2.01. The molecule has 15 heavy (non-hydrogen) atoms. The molecule has 0 fully saturated rings. The molecule has 0 N–H and O–H groups in total. The van der Waals surface area contributed by atoms with Gasteiger partial charge in [-0.3, -0.25) is 4.79 Å². The minimum absolute atomic E-state index is 0.426. The van der Waals surface area contributed by atoms with Crippen molar-refractivity contribution in [1.29, 1.82) is 0 Å². The maximum absolute atomic E-state index is 10.9. The molecule has 0 amide bonds. The lowest BCUT2D eigenvalue weighted by Gasteiger charge is -2.05. The lowest BCUT2D eigenvalue weighted by atomic mass is 10.1. The zero-order valence-corrected chi connectivity index (χ0v) is 9.08. The highest BCUT2D eigenvalue weighted by Crippen LogP contribution is 2.25. The van der Waals surface area contributed by atoms with Gasteiger partial charge in [0, 0.05) is 11.1 Å². The van der Waals surface area contributed by atoms with Crippen LogP contribution >= 0.6 is 11.6 Å². The van der Waals surface area contributed by atoms with Gasteiger partial charge < -0.3 is 0 Å². The summed E-state index contributed by atoms with van der Waals surface area (Å²) in [5.74, 6) is 0. The van der Waals surface area contributed by atoms with E-state index in [1.54, 1.807) is 6.07 Å². The van der Waals surface area contributed by atoms with Gasteiger partial charge in [-0.15, -0.1) is 0 Å². The zero-order chi connectivity index (χ0) is 10.8. The first-order chi connectivity index (χ1) is 7.26. The van der Waals surface area contributed by atoms with Gasteiger partial charge >= 0.3 is 0 Å². The van der Waals surface area contributed by atoms with Crippen molar-refractivity contribution in [3.05, 3.63) is 40.7 Å². The largest absolute Gasteiger partial charge is 0.296 e.